The van der Waals surface area contributed by atoms with Crippen LogP contribution in [0.5, 0.6) is 5.75 Å². The van der Waals surface area contributed by atoms with Gasteiger partial charge in [-0.2, -0.15) is 0 Å². The molecule has 0 aliphatic carbocycles. The number of anilines is 2. The third-order valence-corrected chi connectivity index (χ3v) is 4.25. The Hall–Kier alpha value is -3.74. The van der Waals surface area contributed by atoms with Crippen molar-refractivity contribution in [3.63, 3.8) is 0 Å². The molecule has 1 aromatic heterocycles. The Morgan fingerprint density at radius 3 is 2.69 bits per heavy atom. The molecule has 3 rings (SSSR count). The van der Waals surface area contributed by atoms with E-state index in [-0.39, 0.29) is 23.3 Å². The number of nitrogens with one attached hydrogen (secondary N) is 2. The Kier molecular flexibility index (Phi) is 6.52. The standard InChI is InChI=1S/C22H22N4O3/c1-15(27)17-6-4-7-18(14-17)25-22-24-12-10-20(26-22)21(28)23-11-9-16-5-3-8-19(13-16)29-2/h3-8,10,12-14H,9,11H2,1-2H3,(H,23,28)(H,24,25,26). The lowest BCUT2D eigenvalue weighted by atomic mass is 10.1. The summed E-state index contributed by atoms with van der Waals surface area (Å²) in [6.45, 7) is 1.98. The van der Waals surface area contributed by atoms with Crippen molar-refractivity contribution in [2.24, 2.45) is 0 Å². The van der Waals surface area contributed by atoms with Crippen molar-refractivity contribution in [2.45, 2.75) is 13.3 Å². The minimum absolute atomic E-state index is 0.0290. The van der Waals surface area contributed by atoms with Gasteiger partial charge in [-0.3, -0.25) is 9.59 Å². The van der Waals surface area contributed by atoms with E-state index in [0.717, 1.165) is 11.3 Å². The predicted molar refractivity (Wildman–Crippen MR) is 111 cm³/mol. The summed E-state index contributed by atoms with van der Waals surface area (Å²) in [6, 6.07) is 16.3. The number of aromatic nitrogens is 2. The van der Waals surface area contributed by atoms with Gasteiger partial charge in [-0.05, 0) is 49.2 Å². The molecule has 2 aromatic carbocycles. The third kappa shape index (κ3) is 5.62. The largest absolute Gasteiger partial charge is 0.497 e. The Morgan fingerprint density at radius 2 is 1.90 bits per heavy atom. The number of rotatable bonds is 8. The maximum atomic E-state index is 12.4. The minimum Gasteiger partial charge on any atom is -0.497 e. The summed E-state index contributed by atoms with van der Waals surface area (Å²) in [5.74, 6) is 0.759. The summed E-state index contributed by atoms with van der Waals surface area (Å²) in [6.07, 6.45) is 2.19. The molecule has 1 amide bonds. The topological polar surface area (TPSA) is 93.2 Å². The van der Waals surface area contributed by atoms with Crippen LogP contribution in [-0.4, -0.2) is 35.3 Å². The van der Waals surface area contributed by atoms with Crippen molar-refractivity contribution >= 4 is 23.3 Å². The molecule has 0 fully saturated rings. The van der Waals surface area contributed by atoms with E-state index in [0.29, 0.717) is 24.2 Å². The van der Waals surface area contributed by atoms with E-state index in [2.05, 4.69) is 20.6 Å². The zero-order valence-electron chi connectivity index (χ0n) is 16.3. The van der Waals surface area contributed by atoms with Crippen LogP contribution in [0.15, 0.2) is 60.8 Å². The van der Waals surface area contributed by atoms with Crippen LogP contribution in [0.2, 0.25) is 0 Å². The van der Waals surface area contributed by atoms with E-state index >= 15 is 0 Å². The van der Waals surface area contributed by atoms with Gasteiger partial charge in [0.15, 0.2) is 5.78 Å². The van der Waals surface area contributed by atoms with Crippen LogP contribution in [0.1, 0.15) is 33.3 Å². The monoisotopic (exact) mass is 390 g/mol. The quantitative estimate of drug-likeness (QED) is 0.573. The van der Waals surface area contributed by atoms with Crippen molar-refractivity contribution in [3.05, 3.63) is 77.6 Å². The Morgan fingerprint density at radius 1 is 1.07 bits per heavy atom. The average Bonchev–Trinajstić information content (AvgIpc) is 2.74. The molecule has 1 heterocycles. The molecule has 2 N–H and O–H groups in total. The molecule has 0 saturated heterocycles. The SMILES string of the molecule is COc1cccc(CCNC(=O)c2ccnc(Nc3cccc(C(C)=O)c3)n2)c1. The van der Waals surface area contributed by atoms with E-state index in [1.807, 2.05) is 24.3 Å². The van der Waals surface area contributed by atoms with Crippen molar-refractivity contribution < 1.29 is 14.3 Å². The first-order valence-electron chi connectivity index (χ1n) is 9.17. The predicted octanol–water partition coefficient (Wildman–Crippen LogP) is 3.40. The summed E-state index contributed by atoms with van der Waals surface area (Å²) in [4.78, 5) is 32.3. The fourth-order valence-electron chi connectivity index (χ4n) is 2.73. The molecule has 0 aliphatic rings. The molecule has 0 aliphatic heterocycles. The molecule has 0 spiro atoms. The van der Waals surface area contributed by atoms with Crippen molar-refractivity contribution in [1.29, 1.82) is 0 Å². The van der Waals surface area contributed by atoms with Gasteiger partial charge in [-0.15, -0.1) is 0 Å². The lowest BCUT2D eigenvalue weighted by Crippen LogP contribution is -2.26. The Balaban J connectivity index is 1.60. The number of carbonyl (C=O) groups excluding carboxylic acids is 2. The molecule has 7 nitrogen and oxygen atoms in total. The summed E-state index contributed by atoms with van der Waals surface area (Å²) in [7, 11) is 1.62. The first-order valence-corrected chi connectivity index (χ1v) is 9.17. The van der Waals surface area contributed by atoms with Gasteiger partial charge < -0.3 is 15.4 Å². The lowest BCUT2D eigenvalue weighted by Gasteiger charge is -2.09. The highest BCUT2D eigenvalue weighted by atomic mass is 16.5. The Bertz CT molecular complexity index is 1020. The normalized spacial score (nSPS) is 10.3. The number of ketones is 1. The summed E-state index contributed by atoms with van der Waals surface area (Å²) < 4.78 is 5.20. The average molecular weight is 390 g/mol. The van der Waals surface area contributed by atoms with Crippen molar-refractivity contribution in [1.82, 2.24) is 15.3 Å². The number of Topliss-reactive ketones (excluding diaryl/α,β-unsaturated/α-hetero) is 1. The molecule has 7 heteroatoms. The molecular formula is C22H22N4O3. The van der Waals surface area contributed by atoms with E-state index in [1.54, 1.807) is 37.4 Å². The minimum atomic E-state index is -0.282. The van der Waals surface area contributed by atoms with Gasteiger partial charge in [0.05, 0.1) is 7.11 Å². The highest BCUT2D eigenvalue weighted by Crippen LogP contribution is 2.15. The van der Waals surface area contributed by atoms with E-state index in [9.17, 15) is 9.59 Å². The van der Waals surface area contributed by atoms with Crippen LogP contribution in [0.25, 0.3) is 0 Å². The van der Waals surface area contributed by atoms with E-state index in [4.69, 9.17) is 4.74 Å². The number of carbonyl (C=O) groups is 2. The summed E-state index contributed by atoms with van der Waals surface area (Å²) in [5.41, 5.74) is 2.59. The van der Waals surface area contributed by atoms with Gasteiger partial charge in [-0.25, -0.2) is 9.97 Å². The van der Waals surface area contributed by atoms with Gasteiger partial charge in [0, 0.05) is 24.0 Å². The number of hydrogen-bond acceptors (Lipinski definition) is 6. The first-order chi connectivity index (χ1) is 14.0. The second-order valence-electron chi connectivity index (χ2n) is 6.38. The van der Waals surface area contributed by atoms with Gasteiger partial charge in [0.1, 0.15) is 11.4 Å². The maximum absolute atomic E-state index is 12.4. The fourth-order valence-corrected chi connectivity index (χ4v) is 2.73. The van der Waals surface area contributed by atoms with Crippen molar-refractivity contribution in [2.75, 3.05) is 19.0 Å². The molecule has 0 radical (unpaired) electrons. The molecule has 29 heavy (non-hydrogen) atoms. The maximum Gasteiger partial charge on any atom is 0.270 e. The Labute approximate surface area is 169 Å². The second kappa shape index (κ2) is 9.45. The van der Waals surface area contributed by atoms with Crippen LogP contribution in [0.4, 0.5) is 11.6 Å². The van der Waals surface area contributed by atoms with E-state index < -0.39 is 0 Å². The molecular weight excluding hydrogens is 368 g/mol. The zero-order valence-corrected chi connectivity index (χ0v) is 16.3. The number of hydrogen-bond donors (Lipinski definition) is 2. The summed E-state index contributed by atoms with van der Waals surface area (Å²) >= 11 is 0. The molecule has 0 unspecified atom stereocenters. The van der Waals surface area contributed by atoms with Crippen molar-refractivity contribution in [3.8, 4) is 5.75 Å². The van der Waals surface area contributed by atoms with Gasteiger partial charge in [0.25, 0.3) is 5.91 Å². The highest BCUT2D eigenvalue weighted by molar-refractivity contribution is 5.95. The van der Waals surface area contributed by atoms with Crippen LogP contribution >= 0.6 is 0 Å². The van der Waals surface area contributed by atoms with Crippen LogP contribution in [0.3, 0.4) is 0 Å². The van der Waals surface area contributed by atoms with Crippen LogP contribution < -0.4 is 15.4 Å². The molecule has 0 atom stereocenters. The third-order valence-electron chi connectivity index (χ3n) is 4.25. The molecule has 0 saturated carbocycles. The van der Waals surface area contributed by atoms with E-state index in [1.165, 1.54) is 13.1 Å². The second-order valence-corrected chi connectivity index (χ2v) is 6.38. The number of nitrogens with zero attached hydrogens (tertiary/aromatic N) is 2. The number of methoxy groups -OCH3 is 1. The smallest absolute Gasteiger partial charge is 0.270 e. The number of benzene rings is 2. The number of ether oxygens (including phenoxy) is 1. The first kappa shape index (κ1) is 20.0. The van der Waals surface area contributed by atoms with Crippen LogP contribution in [-0.2, 0) is 6.42 Å². The van der Waals surface area contributed by atoms with Crippen LogP contribution in [0, 0.1) is 0 Å². The van der Waals surface area contributed by atoms with Gasteiger partial charge in [-0.1, -0.05) is 24.3 Å². The molecule has 3 aromatic rings. The molecule has 148 valence electrons. The lowest BCUT2D eigenvalue weighted by molar-refractivity contribution is 0.0948. The number of amides is 1. The van der Waals surface area contributed by atoms with Gasteiger partial charge in [0.2, 0.25) is 5.95 Å². The summed E-state index contributed by atoms with van der Waals surface area (Å²) in [5, 5.41) is 5.88. The highest BCUT2D eigenvalue weighted by Gasteiger charge is 2.09. The van der Waals surface area contributed by atoms with Gasteiger partial charge >= 0.3 is 0 Å². The zero-order chi connectivity index (χ0) is 20.6. The molecule has 0 bridgehead atoms. The fraction of sp³-hybridized carbons (Fsp3) is 0.182.